The molecule has 1 aliphatic heterocycles. The van der Waals surface area contributed by atoms with E-state index in [-0.39, 0.29) is 0 Å². The van der Waals surface area contributed by atoms with Gasteiger partial charge in [0.1, 0.15) is 5.82 Å². The second kappa shape index (κ2) is 5.46. The molecule has 2 heterocycles. The van der Waals surface area contributed by atoms with E-state index < -0.39 is 0 Å². The summed E-state index contributed by atoms with van der Waals surface area (Å²) in [4.78, 5) is 11.7. The number of nitrogens with zero attached hydrogens (tertiary/aromatic N) is 3. The van der Waals surface area contributed by atoms with Crippen molar-refractivity contribution in [3.63, 3.8) is 0 Å². The maximum absolute atomic E-state index is 4.60. The Balaban J connectivity index is 2.03. The molecule has 2 aromatic rings. The van der Waals surface area contributed by atoms with Crippen LogP contribution in [0.5, 0.6) is 0 Å². The molecule has 104 valence electrons. The van der Waals surface area contributed by atoms with Crippen LogP contribution in [0.3, 0.4) is 0 Å². The third kappa shape index (κ3) is 2.41. The lowest BCUT2D eigenvalue weighted by molar-refractivity contribution is 0.319. The Kier molecular flexibility index (Phi) is 3.68. The Bertz CT molecular complexity index is 567. The third-order valence-electron chi connectivity index (χ3n) is 3.71. The number of fused-ring (bicyclic) bond motifs is 2. The van der Waals surface area contributed by atoms with E-state index in [1.54, 1.807) is 11.8 Å². The SMILES string of the molecule is C[C@@H](CN1c2ccccc2Sc2cccnc21)N(C)C. The van der Waals surface area contributed by atoms with E-state index in [0.717, 1.165) is 12.4 Å². The zero-order valence-corrected chi connectivity index (χ0v) is 12.9. The van der Waals surface area contributed by atoms with Gasteiger partial charge in [0.2, 0.25) is 0 Å². The van der Waals surface area contributed by atoms with Gasteiger partial charge in [-0.25, -0.2) is 4.98 Å². The first kappa shape index (κ1) is 13.5. The second-order valence-corrected chi connectivity index (χ2v) is 6.40. The zero-order chi connectivity index (χ0) is 14.1. The number of rotatable bonds is 3. The smallest absolute Gasteiger partial charge is 0.147 e. The molecule has 0 aliphatic carbocycles. The van der Waals surface area contributed by atoms with Crippen LogP contribution in [0.4, 0.5) is 11.5 Å². The first-order valence-corrected chi connectivity index (χ1v) is 7.64. The number of anilines is 2. The summed E-state index contributed by atoms with van der Waals surface area (Å²) >= 11 is 1.80. The maximum Gasteiger partial charge on any atom is 0.147 e. The molecule has 0 amide bonds. The molecule has 20 heavy (non-hydrogen) atoms. The number of hydrogen-bond acceptors (Lipinski definition) is 4. The van der Waals surface area contributed by atoms with Gasteiger partial charge in [0, 0.05) is 23.7 Å². The number of para-hydroxylation sites is 1. The third-order valence-corrected chi connectivity index (χ3v) is 4.81. The van der Waals surface area contributed by atoms with Crippen LogP contribution in [0.2, 0.25) is 0 Å². The Morgan fingerprint density at radius 3 is 2.70 bits per heavy atom. The fourth-order valence-corrected chi connectivity index (χ4v) is 3.34. The number of benzene rings is 1. The second-order valence-electron chi connectivity index (χ2n) is 5.32. The van der Waals surface area contributed by atoms with Crippen LogP contribution in [0.1, 0.15) is 6.92 Å². The van der Waals surface area contributed by atoms with Crippen LogP contribution in [0.25, 0.3) is 0 Å². The van der Waals surface area contributed by atoms with Crippen molar-refractivity contribution in [2.24, 2.45) is 0 Å². The van der Waals surface area contributed by atoms with E-state index in [2.05, 4.69) is 66.1 Å². The predicted molar refractivity (Wildman–Crippen MR) is 85.0 cm³/mol. The van der Waals surface area contributed by atoms with Crippen molar-refractivity contribution >= 4 is 23.3 Å². The largest absolute Gasteiger partial charge is 0.323 e. The molecule has 0 saturated heterocycles. The first-order valence-electron chi connectivity index (χ1n) is 6.82. The summed E-state index contributed by atoms with van der Waals surface area (Å²) < 4.78 is 0. The standard InChI is InChI=1S/C16H19N3S/c1-12(18(2)3)11-19-13-7-4-5-8-14(13)20-15-9-6-10-17-16(15)19/h4-10,12H,11H2,1-3H3/t12-/m0/s1. The molecular weight excluding hydrogens is 266 g/mol. The molecule has 1 aliphatic rings. The van der Waals surface area contributed by atoms with Crippen molar-refractivity contribution in [1.29, 1.82) is 0 Å². The van der Waals surface area contributed by atoms with Crippen LogP contribution < -0.4 is 4.90 Å². The van der Waals surface area contributed by atoms with E-state index in [1.807, 2.05) is 12.3 Å². The minimum atomic E-state index is 0.459. The molecule has 0 radical (unpaired) electrons. The Morgan fingerprint density at radius 1 is 1.15 bits per heavy atom. The van der Waals surface area contributed by atoms with Gasteiger partial charge in [0.25, 0.3) is 0 Å². The van der Waals surface area contributed by atoms with E-state index in [1.165, 1.54) is 15.5 Å². The van der Waals surface area contributed by atoms with Gasteiger partial charge in [-0.15, -0.1) is 0 Å². The van der Waals surface area contributed by atoms with Crippen molar-refractivity contribution in [2.75, 3.05) is 25.5 Å². The number of hydrogen-bond donors (Lipinski definition) is 0. The molecule has 3 nitrogen and oxygen atoms in total. The average Bonchev–Trinajstić information content (AvgIpc) is 2.46. The summed E-state index contributed by atoms with van der Waals surface area (Å²) in [5, 5.41) is 0. The molecule has 0 bridgehead atoms. The minimum absolute atomic E-state index is 0.459. The minimum Gasteiger partial charge on any atom is -0.323 e. The highest BCUT2D eigenvalue weighted by atomic mass is 32.2. The Labute approximate surface area is 124 Å². The maximum atomic E-state index is 4.60. The Morgan fingerprint density at radius 2 is 1.90 bits per heavy atom. The molecule has 0 N–H and O–H groups in total. The topological polar surface area (TPSA) is 19.4 Å². The van der Waals surface area contributed by atoms with Crippen molar-refractivity contribution in [1.82, 2.24) is 9.88 Å². The molecule has 0 unspecified atom stereocenters. The number of pyridine rings is 1. The lowest BCUT2D eigenvalue weighted by Crippen LogP contribution is -2.37. The first-order chi connectivity index (χ1) is 9.66. The number of aromatic nitrogens is 1. The molecular formula is C16H19N3S. The molecule has 1 atom stereocenters. The van der Waals surface area contributed by atoms with Crippen LogP contribution in [0.15, 0.2) is 52.4 Å². The summed E-state index contributed by atoms with van der Waals surface area (Å²) in [6.07, 6.45) is 1.88. The van der Waals surface area contributed by atoms with Crippen LogP contribution in [-0.4, -0.2) is 36.6 Å². The molecule has 0 fully saturated rings. The lowest BCUT2D eigenvalue weighted by Gasteiger charge is -2.34. The van der Waals surface area contributed by atoms with Gasteiger partial charge in [-0.05, 0) is 45.3 Å². The van der Waals surface area contributed by atoms with Gasteiger partial charge >= 0.3 is 0 Å². The van der Waals surface area contributed by atoms with Gasteiger partial charge in [-0.3, -0.25) is 0 Å². The molecule has 0 saturated carbocycles. The molecule has 0 spiro atoms. The van der Waals surface area contributed by atoms with Crippen LogP contribution >= 0.6 is 11.8 Å². The van der Waals surface area contributed by atoms with Crippen molar-refractivity contribution in [3.05, 3.63) is 42.6 Å². The summed E-state index contributed by atoms with van der Waals surface area (Å²) in [6, 6.07) is 13.2. The lowest BCUT2D eigenvalue weighted by atomic mass is 10.2. The van der Waals surface area contributed by atoms with Crippen molar-refractivity contribution in [3.8, 4) is 0 Å². The molecule has 1 aromatic heterocycles. The summed E-state index contributed by atoms with van der Waals surface area (Å²) in [6.45, 7) is 3.18. The average molecular weight is 285 g/mol. The molecule has 3 rings (SSSR count). The summed E-state index contributed by atoms with van der Waals surface area (Å²) in [5.74, 6) is 1.07. The quantitative estimate of drug-likeness (QED) is 0.857. The van der Waals surface area contributed by atoms with Crippen molar-refractivity contribution < 1.29 is 0 Å². The fraction of sp³-hybridized carbons (Fsp3) is 0.312. The predicted octanol–water partition coefficient (Wildman–Crippen LogP) is 3.63. The van der Waals surface area contributed by atoms with E-state index >= 15 is 0 Å². The van der Waals surface area contributed by atoms with Gasteiger partial charge in [-0.1, -0.05) is 23.9 Å². The highest BCUT2D eigenvalue weighted by Crippen LogP contribution is 2.46. The highest BCUT2D eigenvalue weighted by molar-refractivity contribution is 7.99. The van der Waals surface area contributed by atoms with Gasteiger partial charge in [0.15, 0.2) is 0 Å². The summed E-state index contributed by atoms with van der Waals surface area (Å²) in [7, 11) is 4.24. The van der Waals surface area contributed by atoms with E-state index in [9.17, 15) is 0 Å². The normalized spacial score (nSPS) is 14.9. The zero-order valence-electron chi connectivity index (χ0n) is 12.1. The van der Waals surface area contributed by atoms with Gasteiger partial charge < -0.3 is 9.80 Å². The van der Waals surface area contributed by atoms with E-state index in [4.69, 9.17) is 0 Å². The monoisotopic (exact) mass is 285 g/mol. The van der Waals surface area contributed by atoms with Gasteiger partial charge in [0.05, 0.1) is 10.6 Å². The molecule has 4 heteroatoms. The Hall–Kier alpha value is -1.52. The fourth-order valence-electron chi connectivity index (χ4n) is 2.28. The molecule has 1 aromatic carbocycles. The van der Waals surface area contributed by atoms with Gasteiger partial charge in [-0.2, -0.15) is 0 Å². The van der Waals surface area contributed by atoms with E-state index in [0.29, 0.717) is 6.04 Å². The van der Waals surface area contributed by atoms with Crippen molar-refractivity contribution in [2.45, 2.75) is 22.8 Å². The number of likely N-dealkylation sites (N-methyl/N-ethyl adjacent to an activating group) is 1. The summed E-state index contributed by atoms with van der Waals surface area (Å²) in [5.41, 5.74) is 1.26. The van der Waals surface area contributed by atoms with Crippen LogP contribution in [-0.2, 0) is 0 Å². The van der Waals surface area contributed by atoms with Crippen LogP contribution in [0, 0.1) is 0 Å². The highest BCUT2D eigenvalue weighted by Gasteiger charge is 2.25.